The third-order valence-electron chi connectivity index (χ3n) is 8.72. The first-order valence-corrected chi connectivity index (χ1v) is 20.4. The topological polar surface area (TPSA) is 0 Å². The van der Waals surface area contributed by atoms with E-state index in [2.05, 4.69) is 185 Å². The van der Waals surface area contributed by atoms with Gasteiger partial charge in [0, 0.05) is 0 Å². The van der Waals surface area contributed by atoms with Crippen molar-refractivity contribution >= 4 is 73.2 Å². The first-order valence-electron chi connectivity index (χ1n) is 14.3. The summed E-state index contributed by atoms with van der Waals surface area (Å²) in [6.45, 7) is 0. The first-order chi connectivity index (χ1) is 20.7. The second-order valence-corrected chi connectivity index (χ2v) is 19.8. The van der Waals surface area contributed by atoms with Crippen LogP contribution in [-0.4, -0.2) is 3.21 Å². The van der Waals surface area contributed by atoms with Crippen molar-refractivity contribution in [3.05, 3.63) is 169 Å². The van der Waals surface area contributed by atoms with Gasteiger partial charge in [0.15, 0.2) is 0 Å². The fourth-order valence-electron chi connectivity index (χ4n) is 6.96. The number of hydrogen-bond acceptors (Lipinski definition) is 0. The Hall–Kier alpha value is -1.89. The van der Waals surface area contributed by atoms with E-state index in [-0.39, 0.29) is 24.8 Å². The summed E-state index contributed by atoms with van der Waals surface area (Å²) >= 11 is 2.15. The molecule has 0 nitrogen and oxygen atoms in total. The number of allylic oxidation sites excluding steroid dienone is 4. The molecule has 0 atom stereocenters. The molecule has 0 saturated carbocycles. The van der Waals surface area contributed by atoms with Gasteiger partial charge in [0.1, 0.15) is 0 Å². The van der Waals surface area contributed by atoms with Crippen molar-refractivity contribution < 1.29 is 46.1 Å². The molecule has 0 bridgehead atoms. The molecule has 0 aliphatic heterocycles. The largest absolute Gasteiger partial charge is 1.00 e. The van der Waals surface area contributed by atoms with Crippen molar-refractivity contribution in [3.8, 4) is 11.1 Å². The molecule has 0 saturated heterocycles. The SMILES string of the molecule is Ic1ccc([C](c2ccc(I)cc2)=[Zr+2]([c]2cccc3c2c2c(c4ccccc43)-c3ccccc3C2)[CH]2C=CC=C2)cc1.[Cl-].[Cl-]. The minimum absolute atomic E-state index is 0. The van der Waals surface area contributed by atoms with Gasteiger partial charge >= 0.3 is 285 Å². The summed E-state index contributed by atoms with van der Waals surface area (Å²) in [5, 5.41) is 5.67. The van der Waals surface area contributed by atoms with Crippen molar-refractivity contribution in [2.24, 2.45) is 0 Å². The minimum atomic E-state index is -2.71. The molecule has 0 aromatic heterocycles. The molecule has 214 valence electrons. The maximum atomic E-state index is 2.49. The van der Waals surface area contributed by atoms with Gasteiger partial charge in [-0.25, -0.2) is 0 Å². The van der Waals surface area contributed by atoms with Gasteiger partial charge in [-0.2, -0.15) is 0 Å². The second-order valence-electron chi connectivity index (χ2n) is 11.1. The van der Waals surface area contributed by atoms with E-state index in [9.17, 15) is 0 Å². The van der Waals surface area contributed by atoms with E-state index in [4.69, 9.17) is 0 Å². The summed E-state index contributed by atoms with van der Waals surface area (Å²) < 4.78 is 6.19. The molecule has 8 rings (SSSR count). The van der Waals surface area contributed by atoms with Crippen LogP contribution in [0, 0.1) is 7.14 Å². The zero-order chi connectivity index (χ0) is 28.2. The van der Waals surface area contributed by atoms with Crippen LogP contribution in [0.2, 0.25) is 3.63 Å². The van der Waals surface area contributed by atoms with Gasteiger partial charge in [-0.15, -0.1) is 0 Å². The summed E-state index contributed by atoms with van der Waals surface area (Å²) in [6.07, 6.45) is 10.5. The van der Waals surface area contributed by atoms with E-state index in [0.717, 1.165) is 6.42 Å². The van der Waals surface area contributed by atoms with Gasteiger partial charge in [-0.1, -0.05) is 0 Å². The van der Waals surface area contributed by atoms with Gasteiger partial charge in [-0.05, 0) is 0 Å². The Morgan fingerprint density at radius 2 is 1.16 bits per heavy atom. The van der Waals surface area contributed by atoms with Crippen LogP contribution in [0.25, 0.3) is 32.7 Å². The summed E-state index contributed by atoms with van der Waals surface area (Å²) in [5.74, 6) is 0. The number of benzene rings is 6. The number of fused-ring (bicyclic) bond motifs is 8. The zero-order valence-electron chi connectivity index (χ0n) is 23.6. The van der Waals surface area contributed by atoms with Crippen LogP contribution in [0.5, 0.6) is 0 Å². The number of rotatable bonds is 4. The molecule has 5 heteroatoms. The molecule has 0 heterocycles. The van der Waals surface area contributed by atoms with Gasteiger partial charge < -0.3 is 24.8 Å². The maximum absolute atomic E-state index is 2.71. The third-order valence-corrected chi connectivity index (χ3v) is 17.9. The van der Waals surface area contributed by atoms with E-state index in [1.54, 1.807) is 6.48 Å². The Morgan fingerprint density at radius 3 is 1.82 bits per heavy atom. The maximum Gasteiger partial charge on any atom is -1.00 e. The van der Waals surface area contributed by atoms with Crippen molar-refractivity contribution in [2.45, 2.75) is 10.0 Å². The minimum Gasteiger partial charge on any atom is -1.00 e. The van der Waals surface area contributed by atoms with Crippen LogP contribution in [0.1, 0.15) is 22.3 Å². The molecule has 6 aromatic carbocycles. The molecule has 0 amide bonds. The number of hydrogen-bond donors (Lipinski definition) is 0. The molecular formula is C39H26Cl2I2Zr. The van der Waals surface area contributed by atoms with Crippen LogP contribution >= 0.6 is 45.2 Å². The van der Waals surface area contributed by atoms with E-state index in [0.29, 0.717) is 3.63 Å². The van der Waals surface area contributed by atoms with Crippen molar-refractivity contribution in [1.82, 2.24) is 0 Å². The van der Waals surface area contributed by atoms with Crippen molar-refractivity contribution in [3.63, 3.8) is 0 Å². The standard InChI is InChI=1S/C21H13.C13H8I2.C5H5.2ClH.Zr/c1-2-8-15-14(7-1)13-20-18-11-4-3-9-16(18)17-10-5-6-12-19(17)21(15)20;14-12-5-1-10(2-6-12)9-11-3-7-13(15)8-4-11;1-2-4-5-3-1;;;/h1-10,12H,13H2;1-8H;1-5H;2*1H;/q;;;;;+2/p-2. The fourth-order valence-corrected chi connectivity index (χ4v) is 15.9. The van der Waals surface area contributed by atoms with Gasteiger partial charge in [0.05, 0.1) is 0 Å². The van der Waals surface area contributed by atoms with Crippen LogP contribution in [-0.2, 0) is 27.7 Å². The zero-order valence-corrected chi connectivity index (χ0v) is 31.9. The van der Waals surface area contributed by atoms with Crippen molar-refractivity contribution in [1.29, 1.82) is 0 Å². The Balaban J connectivity index is 0.00000171. The van der Waals surface area contributed by atoms with E-state index < -0.39 is 21.3 Å². The molecule has 2 aliphatic carbocycles. The molecule has 0 fully saturated rings. The van der Waals surface area contributed by atoms with Crippen molar-refractivity contribution in [2.75, 3.05) is 0 Å². The Morgan fingerprint density at radius 1 is 0.591 bits per heavy atom. The van der Waals surface area contributed by atoms with Gasteiger partial charge in [0.2, 0.25) is 0 Å². The normalized spacial score (nSPS) is 12.8. The quantitative estimate of drug-likeness (QED) is 0.184. The molecule has 0 radical (unpaired) electrons. The first kappa shape index (κ1) is 32.1. The summed E-state index contributed by atoms with van der Waals surface area (Å²) in [4.78, 5) is 0. The average molecular weight is 911 g/mol. The van der Waals surface area contributed by atoms with Crippen LogP contribution in [0.3, 0.4) is 0 Å². The Labute approximate surface area is 305 Å². The molecular weight excluding hydrogens is 884 g/mol. The van der Waals surface area contributed by atoms with Crippen LogP contribution < -0.4 is 28.1 Å². The predicted octanol–water partition coefficient (Wildman–Crippen LogP) is 4.21. The van der Waals surface area contributed by atoms with E-state index in [1.165, 1.54) is 62.1 Å². The molecule has 6 aromatic rings. The summed E-state index contributed by atoms with van der Waals surface area (Å²) in [5.41, 5.74) is 8.58. The summed E-state index contributed by atoms with van der Waals surface area (Å²) in [6, 6.07) is 43.9. The van der Waals surface area contributed by atoms with Gasteiger partial charge in [0.25, 0.3) is 0 Å². The van der Waals surface area contributed by atoms with Crippen LogP contribution in [0.15, 0.2) is 140 Å². The second kappa shape index (κ2) is 13.5. The molecule has 0 N–H and O–H groups in total. The molecule has 0 unspecified atom stereocenters. The number of halogens is 4. The van der Waals surface area contributed by atoms with E-state index in [1.807, 2.05) is 0 Å². The fraction of sp³-hybridized carbons (Fsp3) is 0.0513. The summed E-state index contributed by atoms with van der Waals surface area (Å²) in [7, 11) is 0. The molecule has 2 aliphatic rings. The average Bonchev–Trinajstić information content (AvgIpc) is 3.70. The Kier molecular flexibility index (Phi) is 9.81. The monoisotopic (exact) mass is 908 g/mol. The van der Waals surface area contributed by atoms with E-state index >= 15 is 0 Å². The Bertz CT molecular complexity index is 2070. The predicted molar refractivity (Wildman–Crippen MR) is 193 cm³/mol. The smallest absolute Gasteiger partial charge is 1.00 e. The molecule has 0 spiro atoms. The third kappa shape index (κ3) is 5.55. The van der Waals surface area contributed by atoms with Crippen LogP contribution in [0.4, 0.5) is 0 Å². The molecule has 44 heavy (non-hydrogen) atoms. The van der Waals surface area contributed by atoms with Gasteiger partial charge in [-0.3, -0.25) is 0 Å².